The van der Waals surface area contributed by atoms with Gasteiger partial charge in [-0.15, -0.1) is 0 Å². The summed E-state index contributed by atoms with van der Waals surface area (Å²) >= 11 is 0. The van der Waals surface area contributed by atoms with Gasteiger partial charge in [-0.3, -0.25) is 9.52 Å². The maximum atomic E-state index is 12.0. The fourth-order valence-corrected chi connectivity index (χ4v) is 2.72. The lowest BCUT2D eigenvalue weighted by atomic mass is 9.73. The van der Waals surface area contributed by atoms with Gasteiger partial charge in [-0.05, 0) is 19.8 Å². The predicted octanol–water partition coefficient (Wildman–Crippen LogP) is 0.361. The van der Waals surface area contributed by atoms with Gasteiger partial charge in [0.15, 0.2) is 0 Å². The van der Waals surface area contributed by atoms with E-state index in [1.54, 1.807) is 0 Å². The van der Waals surface area contributed by atoms with Crippen molar-refractivity contribution in [3.63, 3.8) is 0 Å². The van der Waals surface area contributed by atoms with Gasteiger partial charge >= 0.3 is 0 Å². The smallest absolute Gasteiger partial charge is 0.240 e. The first kappa shape index (κ1) is 13.4. The van der Waals surface area contributed by atoms with Crippen molar-refractivity contribution in [3.8, 4) is 0 Å². The van der Waals surface area contributed by atoms with Gasteiger partial charge in [0, 0.05) is 6.54 Å². The number of nitrogens with one attached hydrogen (secondary N) is 1. The van der Waals surface area contributed by atoms with Crippen LogP contribution in [-0.4, -0.2) is 26.6 Å². The maximum absolute atomic E-state index is 12.0. The second-order valence-electron chi connectivity index (χ2n) is 4.38. The first-order valence-corrected chi connectivity index (χ1v) is 7.36. The van der Waals surface area contributed by atoms with E-state index in [-0.39, 0.29) is 12.3 Å². The van der Waals surface area contributed by atoms with Crippen molar-refractivity contribution in [1.82, 2.24) is 4.72 Å². The van der Waals surface area contributed by atoms with E-state index in [1.165, 1.54) is 6.92 Å². The molecular formula is C10H20N2O3S. The average molecular weight is 248 g/mol. The Hall–Kier alpha value is -0.620. The summed E-state index contributed by atoms with van der Waals surface area (Å²) in [7, 11) is -3.47. The van der Waals surface area contributed by atoms with E-state index in [2.05, 4.69) is 4.72 Å². The lowest BCUT2D eigenvalue weighted by molar-refractivity contribution is -0.130. The summed E-state index contributed by atoms with van der Waals surface area (Å²) in [6.45, 7) is 1.73. The molecule has 0 heterocycles. The van der Waals surface area contributed by atoms with Gasteiger partial charge in [0.25, 0.3) is 0 Å². The Labute approximate surface area is 96.8 Å². The molecular weight excluding hydrogens is 228 g/mol. The summed E-state index contributed by atoms with van der Waals surface area (Å²) in [6.07, 6.45) is 4.35. The highest BCUT2D eigenvalue weighted by atomic mass is 32.2. The number of carbonyl (C=O) groups excluding carboxylic acids is 1. The molecule has 5 nitrogen and oxygen atoms in total. The molecule has 0 aliphatic heterocycles. The zero-order valence-corrected chi connectivity index (χ0v) is 10.5. The van der Waals surface area contributed by atoms with Crippen LogP contribution >= 0.6 is 0 Å². The highest BCUT2D eigenvalue weighted by Gasteiger charge is 2.39. The molecule has 1 aliphatic rings. The number of rotatable bonds is 4. The molecule has 6 heteroatoms. The Morgan fingerprint density at radius 2 is 1.88 bits per heavy atom. The van der Waals surface area contributed by atoms with Crippen LogP contribution in [0.15, 0.2) is 0 Å². The number of sulfonamides is 1. The summed E-state index contributed by atoms with van der Waals surface area (Å²) in [6, 6.07) is 0. The van der Waals surface area contributed by atoms with Crippen LogP contribution in [-0.2, 0) is 14.8 Å². The molecule has 1 fully saturated rings. The van der Waals surface area contributed by atoms with Gasteiger partial charge in [0.05, 0.1) is 11.2 Å². The highest BCUT2D eigenvalue weighted by molar-refractivity contribution is 7.90. The number of hydrogen-bond acceptors (Lipinski definition) is 4. The molecule has 0 spiro atoms. The quantitative estimate of drug-likeness (QED) is 0.752. The van der Waals surface area contributed by atoms with Gasteiger partial charge in [-0.2, -0.15) is 0 Å². The van der Waals surface area contributed by atoms with Crippen molar-refractivity contribution in [1.29, 1.82) is 0 Å². The Balaban J connectivity index is 2.77. The fraction of sp³-hybridized carbons (Fsp3) is 0.900. The highest BCUT2D eigenvalue weighted by Crippen LogP contribution is 2.35. The van der Waals surface area contributed by atoms with Crippen molar-refractivity contribution in [2.45, 2.75) is 39.0 Å². The molecule has 1 aliphatic carbocycles. The minimum absolute atomic E-state index is 0.0839. The monoisotopic (exact) mass is 248 g/mol. The van der Waals surface area contributed by atoms with E-state index in [0.29, 0.717) is 12.8 Å². The molecule has 16 heavy (non-hydrogen) atoms. The molecule has 94 valence electrons. The first-order valence-electron chi connectivity index (χ1n) is 5.71. The second-order valence-corrected chi connectivity index (χ2v) is 6.39. The van der Waals surface area contributed by atoms with Crippen molar-refractivity contribution < 1.29 is 13.2 Å². The lowest BCUT2D eigenvalue weighted by Gasteiger charge is -2.34. The predicted molar refractivity (Wildman–Crippen MR) is 62.2 cm³/mol. The fourth-order valence-electron chi connectivity index (χ4n) is 2.07. The molecule has 0 atom stereocenters. The third-order valence-corrected chi connectivity index (χ3v) is 4.57. The maximum Gasteiger partial charge on any atom is 0.240 e. The van der Waals surface area contributed by atoms with Crippen LogP contribution in [0.4, 0.5) is 0 Å². The van der Waals surface area contributed by atoms with E-state index in [0.717, 1.165) is 19.3 Å². The normalized spacial score (nSPS) is 20.4. The Bertz CT molecular complexity index is 345. The van der Waals surface area contributed by atoms with Crippen LogP contribution < -0.4 is 10.5 Å². The van der Waals surface area contributed by atoms with Crippen molar-refractivity contribution in [2.24, 2.45) is 11.1 Å². The molecule has 0 aromatic carbocycles. The van der Waals surface area contributed by atoms with E-state index >= 15 is 0 Å². The molecule has 0 unspecified atom stereocenters. The molecule has 0 saturated heterocycles. The SMILES string of the molecule is CCS(=O)(=O)NC(=O)C1(CN)CCCCC1. The average Bonchev–Trinajstić information content (AvgIpc) is 2.29. The third kappa shape index (κ3) is 2.95. The summed E-state index contributed by atoms with van der Waals surface area (Å²) in [5.41, 5.74) is 4.98. The number of carbonyl (C=O) groups is 1. The lowest BCUT2D eigenvalue weighted by Crippen LogP contribution is -2.49. The number of amides is 1. The largest absolute Gasteiger partial charge is 0.329 e. The topological polar surface area (TPSA) is 89.3 Å². The second kappa shape index (κ2) is 5.14. The summed E-state index contributed by atoms with van der Waals surface area (Å²) < 4.78 is 24.8. The van der Waals surface area contributed by atoms with Gasteiger partial charge in [0.1, 0.15) is 0 Å². The molecule has 0 aromatic rings. The van der Waals surface area contributed by atoms with Gasteiger partial charge in [-0.1, -0.05) is 19.3 Å². The minimum atomic E-state index is -3.47. The van der Waals surface area contributed by atoms with Gasteiger partial charge in [-0.25, -0.2) is 8.42 Å². The van der Waals surface area contributed by atoms with Gasteiger partial charge in [0.2, 0.25) is 15.9 Å². The molecule has 0 bridgehead atoms. The van der Waals surface area contributed by atoms with Crippen LogP contribution in [0, 0.1) is 5.41 Å². The molecule has 3 N–H and O–H groups in total. The Morgan fingerprint density at radius 1 is 1.31 bits per heavy atom. The van der Waals surface area contributed by atoms with Crippen LogP contribution in [0.25, 0.3) is 0 Å². The van der Waals surface area contributed by atoms with Crippen molar-refractivity contribution >= 4 is 15.9 Å². The summed E-state index contributed by atoms with van der Waals surface area (Å²) in [5.74, 6) is -0.504. The third-order valence-electron chi connectivity index (χ3n) is 3.31. The van der Waals surface area contributed by atoms with Crippen LogP contribution in [0.2, 0.25) is 0 Å². The van der Waals surface area contributed by atoms with Gasteiger partial charge < -0.3 is 5.73 Å². The van der Waals surface area contributed by atoms with Crippen molar-refractivity contribution in [3.05, 3.63) is 0 Å². The number of nitrogens with two attached hydrogens (primary N) is 1. The summed E-state index contributed by atoms with van der Waals surface area (Å²) in [4.78, 5) is 12.0. The Morgan fingerprint density at radius 3 is 2.31 bits per heavy atom. The molecule has 1 rings (SSSR count). The molecule has 1 amide bonds. The molecule has 0 aromatic heterocycles. The van der Waals surface area contributed by atoms with E-state index in [4.69, 9.17) is 5.73 Å². The van der Waals surface area contributed by atoms with E-state index < -0.39 is 21.3 Å². The Kier molecular flexibility index (Phi) is 4.32. The van der Waals surface area contributed by atoms with E-state index in [9.17, 15) is 13.2 Å². The van der Waals surface area contributed by atoms with Crippen LogP contribution in [0.3, 0.4) is 0 Å². The standard InChI is InChI=1S/C10H20N2O3S/c1-2-16(14,15)12-9(13)10(8-11)6-4-3-5-7-10/h2-8,11H2,1H3,(H,12,13). The first-order chi connectivity index (χ1) is 7.46. The minimum Gasteiger partial charge on any atom is -0.329 e. The molecule has 1 saturated carbocycles. The van der Waals surface area contributed by atoms with E-state index in [1.807, 2.05) is 0 Å². The molecule has 0 radical (unpaired) electrons. The van der Waals surface area contributed by atoms with Crippen molar-refractivity contribution in [2.75, 3.05) is 12.3 Å². The zero-order valence-electron chi connectivity index (χ0n) is 9.66. The van der Waals surface area contributed by atoms with Crippen LogP contribution in [0.5, 0.6) is 0 Å². The van der Waals surface area contributed by atoms with Crippen LogP contribution in [0.1, 0.15) is 39.0 Å². The summed E-state index contributed by atoms with van der Waals surface area (Å²) in [5, 5.41) is 0. The zero-order chi connectivity index (χ0) is 12.2. The number of hydrogen-bond donors (Lipinski definition) is 2.